The summed E-state index contributed by atoms with van der Waals surface area (Å²) < 4.78 is 39.6. The van der Waals surface area contributed by atoms with E-state index in [4.69, 9.17) is 4.74 Å². The van der Waals surface area contributed by atoms with Gasteiger partial charge in [0.1, 0.15) is 5.60 Å². The Morgan fingerprint density at radius 1 is 1.27 bits per heavy atom. The SMILES string of the molecule is CC(c1ccccc1)N(CCS(=O)(=O)F)C(=O)OC(C)(C)C. The van der Waals surface area contributed by atoms with Crippen molar-refractivity contribution in [2.24, 2.45) is 0 Å². The Labute approximate surface area is 131 Å². The lowest BCUT2D eigenvalue weighted by atomic mass is 10.1. The molecule has 0 saturated heterocycles. The third-order valence-corrected chi connectivity index (χ3v) is 3.62. The lowest BCUT2D eigenvalue weighted by Crippen LogP contribution is -2.40. The molecule has 0 fully saturated rings. The van der Waals surface area contributed by atoms with Crippen LogP contribution in [0.3, 0.4) is 0 Å². The van der Waals surface area contributed by atoms with Gasteiger partial charge in [-0.1, -0.05) is 30.3 Å². The standard InChI is InChI=1S/C15H22FNO4S/c1-12(13-8-6-5-7-9-13)17(10-11-22(16,19)20)14(18)21-15(2,3)4/h5-9,12H,10-11H2,1-4H3. The highest BCUT2D eigenvalue weighted by Gasteiger charge is 2.28. The summed E-state index contributed by atoms with van der Waals surface area (Å²) >= 11 is 0. The molecule has 0 radical (unpaired) electrons. The molecule has 1 atom stereocenters. The quantitative estimate of drug-likeness (QED) is 0.777. The first-order valence-electron chi connectivity index (χ1n) is 6.96. The molecule has 0 aliphatic rings. The number of ether oxygens (including phenoxy) is 1. The third kappa shape index (κ3) is 6.43. The van der Waals surface area contributed by atoms with Crippen LogP contribution < -0.4 is 0 Å². The summed E-state index contributed by atoms with van der Waals surface area (Å²) in [5.41, 5.74) is 0.0879. The van der Waals surface area contributed by atoms with Gasteiger partial charge in [-0.3, -0.25) is 0 Å². The molecule has 22 heavy (non-hydrogen) atoms. The fraction of sp³-hybridized carbons (Fsp3) is 0.533. The van der Waals surface area contributed by atoms with Gasteiger partial charge in [-0.2, -0.15) is 8.42 Å². The van der Waals surface area contributed by atoms with Crippen LogP contribution in [0.2, 0.25) is 0 Å². The summed E-state index contributed by atoms with van der Waals surface area (Å²) in [6.07, 6.45) is -0.674. The van der Waals surface area contributed by atoms with E-state index < -0.39 is 33.7 Å². The molecule has 0 bridgehead atoms. The van der Waals surface area contributed by atoms with Gasteiger partial charge in [-0.25, -0.2) is 4.79 Å². The van der Waals surface area contributed by atoms with Crippen molar-refractivity contribution in [1.82, 2.24) is 4.90 Å². The molecule has 1 aromatic rings. The van der Waals surface area contributed by atoms with Gasteiger partial charge in [0.15, 0.2) is 0 Å². The van der Waals surface area contributed by atoms with Crippen molar-refractivity contribution in [1.29, 1.82) is 0 Å². The molecule has 0 aromatic heterocycles. The maximum absolute atomic E-state index is 12.8. The Morgan fingerprint density at radius 3 is 2.27 bits per heavy atom. The molecule has 0 saturated carbocycles. The zero-order valence-corrected chi connectivity index (χ0v) is 14.1. The van der Waals surface area contributed by atoms with Crippen molar-refractivity contribution in [2.45, 2.75) is 39.3 Å². The Bertz CT molecular complexity index is 596. The molecule has 1 unspecified atom stereocenters. The summed E-state index contributed by atoms with van der Waals surface area (Å²) in [7, 11) is -4.66. The van der Waals surface area contributed by atoms with E-state index in [0.29, 0.717) is 0 Å². The second-order valence-electron chi connectivity index (χ2n) is 6.00. The molecular formula is C15H22FNO4S. The number of carbonyl (C=O) groups excluding carboxylic acids is 1. The number of amides is 1. The maximum Gasteiger partial charge on any atom is 0.410 e. The molecule has 0 aliphatic heterocycles. The van der Waals surface area contributed by atoms with Crippen molar-refractivity contribution in [3.05, 3.63) is 35.9 Å². The van der Waals surface area contributed by atoms with Crippen LogP contribution >= 0.6 is 0 Å². The molecule has 0 N–H and O–H groups in total. The van der Waals surface area contributed by atoms with Crippen molar-refractivity contribution in [3.8, 4) is 0 Å². The summed E-state index contributed by atoms with van der Waals surface area (Å²) in [6.45, 7) is 6.60. The second-order valence-corrected chi connectivity index (χ2v) is 7.49. The molecule has 1 amide bonds. The summed E-state index contributed by atoms with van der Waals surface area (Å²) in [4.78, 5) is 13.5. The average Bonchev–Trinajstić information content (AvgIpc) is 2.36. The van der Waals surface area contributed by atoms with Crippen LogP contribution in [-0.2, 0) is 15.0 Å². The molecule has 1 rings (SSSR count). The molecule has 0 aliphatic carbocycles. The predicted octanol–water partition coefficient (Wildman–Crippen LogP) is 3.28. The van der Waals surface area contributed by atoms with E-state index in [1.165, 1.54) is 4.90 Å². The summed E-state index contributed by atoms with van der Waals surface area (Å²) in [5.74, 6) is -0.760. The van der Waals surface area contributed by atoms with Crippen LogP contribution in [0, 0.1) is 0 Å². The van der Waals surface area contributed by atoms with Crippen LogP contribution in [0.4, 0.5) is 8.68 Å². The van der Waals surface area contributed by atoms with Gasteiger partial charge < -0.3 is 9.64 Å². The van der Waals surface area contributed by atoms with E-state index in [0.717, 1.165) is 5.56 Å². The van der Waals surface area contributed by atoms with Crippen LogP contribution in [0.5, 0.6) is 0 Å². The Morgan fingerprint density at radius 2 is 1.82 bits per heavy atom. The second kappa shape index (κ2) is 7.09. The number of hydrogen-bond donors (Lipinski definition) is 0. The van der Waals surface area contributed by atoms with Crippen LogP contribution in [0.1, 0.15) is 39.3 Å². The molecule has 1 aromatic carbocycles. The minimum atomic E-state index is -4.66. The van der Waals surface area contributed by atoms with Gasteiger partial charge in [-0.05, 0) is 33.3 Å². The summed E-state index contributed by atoms with van der Waals surface area (Å²) in [5, 5.41) is 0. The van der Waals surface area contributed by atoms with Gasteiger partial charge in [-0.15, -0.1) is 3.89 Å². The molecule has 0 spiro atoms. The van der Waals surface area contributed by atoms with Gasteiger partial charge >= 0.3 is 16.3 Å². The van der Waals surface area contributed by atoms with E-state index in [1.807, 2.05) is 30.3 Å². The number of benzene rings is 1. The van der Waals surface area contributed by atoms with E-state index in [-0.39, 0.29) is 6.54 Å². The van der Waals surface area contributed by atoms with Gasteiger partial charge in [0, 0.05) is 6.54 Å². The zero-order chi connectivity index (χ0) is 17.0. The Kier molecular flexibility index (Phi) is 5.93. The molecular weight excluding hydrogens is 309 g/mol. The highest BCUT2D eigenvalue weighted by molar-refractivity contribution is 7.86. The topological polar surface area (TPSA) is 63.7 Å². The van der Waals surface area contributed by atoms with Gasteiger partial charge in [0.05, 0.1) is 11.8 Å². The van der Waals surface area contributed by atoms with Crippen LogP contribution in [0.15, 0.2) is 30.3 Å². The average molecular weight is 331 g/mol. The van der Waals surface area contributed by atoms with Crippen molar-refractivity contribution in [2.75, 3.05) is 12.3 Å². The minimum Gasteiger partial charge on any atom is -0.444 e. The lowest BCUT2D eigenvalue weighted by Gasteiger charge is -2.31. The molecule has 124 valence electrons. The van der Waals surface area contributed by atoms with E-state index in [2.05, 4.69) is 0 Å². The normalized spacial score (nSPS) is 13.5. The highest BCUT2D eigenvalue weighted by atomic mass is 32.3. The first kappa shape index (κ1) is 18.4. The van der Waals surface area contributed by atoms with Gasteiger partial charge in [0.2, 0.25) is 0 Å². The maximum atomic E-state index is 12.8. The molecule has 5 nitrogen and oxygen atoms in total. The summed E-state index contributed by atoms with van der Waals surface area (Å²) in [6, 6.07) is 8.64. The number of hydrogen-bond acceptors (Lipinski definition) is 4. The van der Waals surface area contributed by atoms with Crippen LogP contribution in [0.25, 0.3) is 0 Å². The number of nitrogens with zero attached hydrogens (tertiary/aromatic N) is 1. The van der Waals surface area contributed by atoms with E-state index in [1.54, 1.807) is 27.7 Å². The first-order valence-corrected chi connectivity index (χ1v) is 8.52. The third-order valence-electron chi connectivity index (χ3n) is 2.95. The molecule has 0 heterocycles. The first-order chi connectivity index (χ1) is 9.99. The minimum absolute atomic E-state index is 0.274. The largest absolute Gasteiger partial charge is 0.444 e. The predicted molar refractivity (Wildman–Crippen MR) is 82.7 cm³/mol. The number of halogens is 1. The van der Waals surface area contributed by atoms with Crippen LogP contribution in [-0.4, -0.2) is 37.3 Å². The Hall–Kier alpha value is -1.63. The number of carbonyl (C=O) groups is 1. The number of rotatable bonds is 5. The molecule has 7 heteroatoms. The monoisotopic (exact) mass is 331 g/mol. The lowest BCUT2D eigenvalue weighted by molar-refractivity contribution is 0.0188. The van der Waals surface area contributed by atoms with Crippen molar-refractivity contribution >= 4 is 16.3 Å². The Balaban J connectivity index is 2.97. The fourth-order valence-electron chi connectivity index (χ4n) is 1.88. The fourth-order valence-corrected chi connectivity index (χ4v) is 2.30. The van der Waals surface area contributed by atoms with Gasteiger partial charge in [0.25, 0.3) is 0 Å². The highest BCUT2D eigenvalue weighted by Crippen LogP contribution is 2.22. The van der Waals surface area contributed by atoms with E-state index in [9.17, 15) is 17.1 Å². The van der Waals surface area contributed by atoms with Crippen molar-refractivity contribution < 1.29 is 21.8 Å². The van der Waals surface area contributed by atoms with Crippen molar-refractivity contribution in [3.63, 3.8) is 0 Å². The van der Waals surface area contributed by atoms with E-state index >= 15 is 0 Å². The smallest absolute Gasteiger partial charge is 0.410 e. The zero-order valence-electron chi connectivity index (χ0n) is 13.2.